The summed E-state index contributed by atoms with van der Waals surface area (Å²) in [5.74, 6) is 0. The second kappa shape index (κ2) is 4.26. The van der Waals surface area contributed by atoms with Gasteiger partial charge in [0.1, 0.15) is 0 Å². The van der Waals surface area contributed by atoms with E-state index in [1.165, 1.54) is 44.9 Å². The molecule has 3 fully saturated rings. The molecule has 0 amide bonds. The van der Waals surface area contributed by atoms with Gasteiger partial charge in [-0.25, -0.2) is 0 Å². The van der Waals surface area contributed by atoms with Gasteiger partial charge in [-0.05, 0) is 44.9 Å². The molecule has 84 valence electrons. The fraction of sp³-hybridized carbons (Fsp3) is 0.846. The van der Waals surface area contributed by atoms with Gasteiger partial charge in [-0.2, -0.15) is 0 Å². The maximum absolute atomic E-state index is 5.77. The number of rotatable bonds is 1. The van der Waals surface area contributed by atoms with Crippen LogP contribution in [0.3, 0.4) is 0 Å². The van der Waals surface area contributed by atoms with Gasteiger partial charge in [-0.3, -0.25) is 0 Å². The molecule has 1 N–H and O–H groups in total. The Kier molecular flexibility index (Phi) is 2.80. The molecule has 3 heterocycles. The van der Waals surface area contributed by atoms with E-state index in [0.717, 1.165) is 18.7 Å². The molecule has 3 rings (SSSR count). The van der Waals surface area contributed by atoms with Crippen LogP contribution in [0.15, 0.2) is 11.6 Å². The van der Waals surface area contributed by atoms with Crippen LogP contribution in [0.2, 0.25) is 0 Å². The van der Waals surface area contributed by atoms with Crippen LogP contribution in [0.1, 0.15) is 44.9 Å². The van der Waals surface area contributed by atoms with E-state index in [0.29, 0.717) is 6.10 Å². The van der Waals surface area contributed by atoms with E-state index in [9.17, 15) is 0 Å². The van der Waals surface area contributed by atoms with Crippen LogP contribution in [0.5, 0.6) is 0 Å². The van der Waals surface area contributed by atoms with Crippen LogP contribution >= 0.6 is 0 Å². The second-order valence-electron chi connectivity index (χ2n) is 5.28. The standard InChI is InChI=1S/C13H21NO/c1-2-6-15-13(3-1)9-10-7-11-4-5-12(8-10)14-11/h9,11-14H,1-8H2. The van der Waals surface area contributed by atoms with Crippen LogP contribution in [0.4, 0.5) is 0 Å². The fourth-order valence-corrected chi connectivity index (χ4v) is 3.24. The Morgan fingerprint density at radius 1 is 1.07 bits per heavy atom. The van der Waals surface area contributed by atoms with Crippen LogP contribution < -0.4 is 5.32 Å². The Morgan fingerprint density at radius 2 is 1.87 bits per heavy atom. The molecule has 2 bridgehead atoms. The van der Waals surface area contributed by atoms with Crippen molar-refractivity contribution in [1.29, 1.82) is 0 Å². The van der Waals surface area contributed by atoms with Gasteiger partial charge in [0.25, 0.3) is 0 Å². The number of piperidine rings is 1. The van der Waals surface area contributed by atoms with Crippen molar-refractivity contribution in [2.24, 2.45) is 0 Å². The van der Waals surface area contributed by atoms with Crippen molar-refractivity contribution < 1.29 is 4.74 Å². The summed E-state index contributed by atoms with van der Waals surface area (Å²) in [5.41, 5.74) is 1.66. The SMILES string of the molecule is C(=C1CC2CCC(C1)N2)C1CCCCO1. The van der Waals surface area contributed by atoms with Crippen LogP contribution in [-0.4, -0.2) is 24.8 Å². The normalized spacial score (nSPS) is 40.5. The first-order valence-electron chi connectivity index (χ1n) is 6.47. The van der Waals surface area contributed by atoms with E-state index >= 15 is 0 Å². The summed E-state index contributed by atoms with van der Waals surface area (Å²) in [4.78, 5) is 0. The molecule has 0 aromatic carbocycles. The highest BCUT2D eigenvalue weighted by atomic mass is 16.5. The van der Waals surface area contributed by atoms with Crippen molar-refractivity contribution in [1.82, 2.24) is 5.32 Å². The zero-order chi connectivity index (χ0) is 10.1. The lowest BCUT2D eigenvalue weighted by atomic mass is 9.96. The van der Waals surface area contributed by atoms with Gasteiger partial charge < -0.3 is 10.1 Å². The topological polar surface area (TPSA) is 21.3 Å². The molecule has 3 aliphatic rings. The lowest BCUT2D eigenvalue weighted by Gasteiger charge is -2.26. The van der Waals surface area contributed by atoms with Gasteiger partial charge in [0.2, 0.25) is 0 Å². The molecule has 0 saturated carbocycles. The average molecular weight is 207 g/mol. The third-order valence-corrected chi connectivity index (χ3v) is 3.99. The molecule has 15 heavy (non-hydrogen) atoms. The zero-order valence-electron chi connectivity index (χ0n) is 9.37. The Balaban J connectivity index is 1.63. The van der Waals surface area contributed by atoms with E-state index in [1.54, 1.807) is 5.57 Å². The maximum atomic E-state index is 5.77. The quantitative estimate of drug-likeness (QED) is 0.667. The lowest BCUT2D eigenvalue weighted by Crippen LogP contribution is -2.35. The van der Waals surface area contributed by atoms with Crippen LogP contribution in [0, 0.1) is 0 Å². The Morgan fingerprint density at radius 3 is 2.53 bits per heavy atom. The first-order valence-corrected chi connectivity index (χ1v) is 6.47. The molecule has 2 heteroatoms. The largest absolute Gasteiger partial charge is 0.374 e. The first-order chi connectivity index (χ1) is 7.40. The number of fused-ring (bicyclic) bond motifs is 2. The molecule has 3 saturated heterocycles. The summed E-state index contributed by atoms with van der Waals surface area (Å²) < 4.78 is 5.77. The number of ether oxygens (including phenoxy) is 1. The van der Waals surface area contributed by atoms with E-state index < -0.39 is 0 Å². The molecule has 0 radical (unpaired) electrons. The highest BCUT2D eigenvalue weighted by Gasteiger charge is 2.30. The fourth-order valence-electron chi connectivity index (χ4n) is 3.24. The summed E-state index contributed by atoms with van der Waals surface area (Å²) >= 11 is 0. The van der Waals surface area contributed by atoms with E-state index in [1.807, 2.05) is 0 Å². The average Bonchev–Trinajstić information content (AvgIpc) is 2.60. The minimum absolute atomic E-state index is 0.436. The summed E-state index contributed by atoms with van der Waals surface area (Å²) in [5, 5.41) is 3.68. The monoisotopic (exact) mass is 207 g/mol. The molecule has 3 atom stereocenters. The zero-order valence-corrected chi connectivity index (χ0v) is 9.37. The molecular formula is C13H21NO. The predicted octanol–water partition coefficient (Wildman–Crippen LogP) is 2.40. The van der Waals surface area contributed by atoms with Crippen molar-refractivity contribution in [3.05, 3.63) is 11.6 Å². The van der Waals surface area contributed by atoms with Crippen molar-refractivity contribution in [2.75, 3.05) is 6.61 Å². The van der Waals surface area contributed by atoms with Gasteiger partial charge in [0.15, 0.2) is 0 Å². The molecular weight excluding hydrogens is 186 g/mol. The predicted molar refractivity (Wildman–Crippen MR) is 60.9 cm³/mol. The summed E-state index contributed by atoms with van der Waals surface area (Å²) in [6.45, 7) is 0.972. The molecule has 3 unspecified atom stereocenters. The Hall–Kier alpha value is -0.340. The molecule has 2 nitrogen and oxygen atoms in total. The minimum atomic E-state index is 0.436. The third-order valence-electron chi connectivity index (χ3n) is 3.99. The molecule has 0 spiro atoms. The molecule has 0 aliphatic carbocycles. The minimum Gasteiger partial charge on any atom is -0.374 e. The Labute approximate surface area is 92.1 Å². The maximum Gasteiger partial charge on any atom is 0.0758 e. The summed E-state index contributed by atoms with van der Waals surface area (Å²) in [6.07, 6.45) is 12.0. The highest BCUT2D eigenvalue weighted by Crippen LogP contribution is 2.31. The van der Waals surface area contributed by atoms with Crippen LogP contribution in [-0.2, 0) is 4.74 Å². The number of nitrogens with one attached hydrogen (secondary N) is 1. The second-order valence-corrected chi connectivity index (χ2v) is 5.28. The van der Waals surface area contributed by atoms with Gasteiger partial charge >= 0.3 is 0 Å². The number of hydrogen-bond donors (Lipinski definition) is 1. The van der Waals surface area contributed by atoms with Gasteiger partial charge in [0, 0.05) is 18.7 Å². The van der Waals surface area contributed by atoms with Gasteiger partial charge in [-0.15, -0.1) is 0 Å². The summed E-state index contributed by atoms with van der Waals surface area (Å²) in [6, 6.07) is 1.55. The number of hydrogen-bond acceptors (Lipinski definition) is 2. The first kappa shape index (κ1) is 9.86. The van der Waals surface area contributed by atoms with Crippen molar-refractivity contribution in [3.8, 4) is 0 Å². The van der Waals surface area contributed by atoms with E-state index in [4.69, 9.17) is 4.74 Å². The lowest BCUT2D eigenvalue weighted by molar-refractivity contribution is 0.0458. The van der Waals surface area contributed by atoms with Gasteiger partial charge in [-0.1, -0.05) is 11.6 Å². The van der Waals surface area contributed by atoms with Gasteiger partial charge in [0.05, 0.1) is 6.10 Å². The molecule has 0 aromatic heterocycles. The van der Waals surface area contributed by atoms with E-state index in [-0.39, 0.29) is 0 Å². The smallest absolute Gasteiger partial charge is 0.0758 e. The Bertz CT molecular complexity index is 241. The van der Waals surface area contributed by atoms with E-state index in [2.05, 4.69) is 11.4 Å². The van der Waals surface area contributed by atoms with Crippen molar-refractivity contribution in [2.45, 2.75) is 63.1 Å². The van der Waals surface area contributed by atoms with Crippen molar-refractivity contribution >= 4 is 0 Å². The molecule has 0 aromatic rings. The highest BCUT2D eigenvalue weighted by molar-refractivity contribution is 5.15. The van der Waals surface area contributed by atoms with Crippen molar-refractivity contribution in [3.63, 3.8) is 0 Å². The summed E-state index contributed by atoms with van der Waals surface area (Å²) in [7, 11) is 0. The third kappa shape index (κ3) is 2.26. The molecule has 3 aliphatic heterocycles. The van der Waals surface area contributed by atoms with Crippen LogP contribution in [0.25, 0.3) is 0 Å².